The fourth-order valence-electron chi connectivity index (χ4n) is 0.845. The Bertz CT molecular complexity index is 233. The first-order valence-electron chi connectivity index (χ1n) is 4.01. The number of halogens is 1. The topological polar surface area (TPSA) is 24.9 Å². The summed E-state index contributed by atoms with van der Waals surface area (Å²) >= 11 is 7.37. The molecule has 1 N–H and O–H groups in total. The van der Waals surface area contributed by atoms with Crippen molar-refractivity contribution >= 4 is 28.1 Å². The van der Waals surface area contributed by atoms with Gasteiger partial charge in [0, 0.05) is 17.3 Å². The molecule has 4 heteroatoms. The van der Waals surface area contributed by atoms with Gasteiger partial charge in [-0.05, 0) is 13.3 Å². The standard InChI is InChI=1S/C8H13ClN2S/c1-3-7(4-9)11-8-10-6(2)5-12-8/h5,7H,3-4H2,1-2H3,(H,10,11). The highest BCUT2D eigenvalue weighted by molar-refractivity contribution is 7.13. The summed E-state index contributed by atoms with van der Waals surface area (Å²) in [5.41, 5.74) is 1.06. The molecule has 0 fully saturated rings. The van der Waals surface area contributed by atoms with Crippen molar-refractivity contribution in [1.82, 2.24) is 4.98 Å². The fourth-order valence-corrected chi connectivity index (χ4v) is 1.91. The zero-order valence-electron chi connectivity index (χ0n) is 7.30. The molecule has 0 saturated carbocycles. The summed E-state index contributed by atoms with van der Waals surface area (Å²) in [5.74, 6) is 0.634. The Balaban J connectivity index is 2.50. The van der Waals surface area contributed by atoms with Crippen LogP contribution >= 0.6 is 22.9 Å². The lowest BCUT2D eigenvalue weighted by Gasteiger charge is -2.11. The summed E-state index contributed by atoms with van der Waals surface area (Å²) in [6, 6.07) is 0.345. The number of aromatic nitrogens is 1. The van der Waals surface area contributed by atoms with Gasteiger partial charge in [0.2, 0.25) is 0 Å². The summed E-state index contributed by atoms with van der Waals surface area (Å²) < 4.78 is 0. The molecule has 0 aliphatic rings. The van der Waals surface area contributed by atoms with Crippen LogP contribution in [0.5, 0.6) is 0 Å². The van der Waals surface area contributed by atoms with E-state index in [1.165, 1.54) is 0 Å². The first-order chi connectivity index (χ1) is 5.76. The first-order valence-corrected chi connectivity index (χ1v) is 5.42. The third-order valence-corrected chi connectivity index (χ3v) is 2.89. The molecule has 0 aliphatic heterocycles. The Kier molecular flexibility index (Phi) is 3.82. The van der Waals surface area contributed by atoms with Gasteiger partial charge in [-0.1, -0.05) is 6.92 Å². The summed E-state index contributed by atoms with van der Waals surface area (Å²) in [6.45, 7) is 4.10. The lowest BCUT2D eigenvalue weighted by molar-refractivity contribution is 0.769. The molecule has 0 radical (unpaired) electrons. The van der Waals surface area contributed by atoms with E-state index in [9.17, 15) is 0 Å². The van der Waals surface area contributed by atoms with Crippen LogP contribution in [0.4, 0.5) is 5.13 Å². The van der Waals surface area contributed by atoms with E-state index >= 15 is 0 Å². The number of nitrogens with one attached hydrogen (secondary N) is 1. The Morgan fingerprint density at radius 1 is 1.75 bits per heavy atom. The Labute approximate surface area is 82.0 Å². The van der Waals surface area contributed by atoms with Gasteiger partial charge in [0.1, 0.15) is 0 Å². The highest BCUT2D eigenvalue weighted by Crippen LogP contribution is 2.16. The van der Waals surface area contributed by atoms with E-state index in [2.05, 4.69) is 17.2 Å². The SMILES string of the molecule is CCC(CCl)Nc1nc(C)cs1. The second-order valence-corrected chi connectivity index (χ2v) is 3.86. The van der Waals surface area contributed by atoms with Crippen LogP contribution in [0.25, 0.3) is 0 Å². The van der Waals surface area contributed by atoms with E-state index < -0.39 is 0 Å². The van der Waals surface area contributed by atoms with Crippen molar-refractivity contribution in [2.45, 2.75) is 26.3 Å². The summed E-state index contributed by atoms with van der Waals surface area (Å²) in [6.07, 6.45) is 1.03. The molecule has 1 atom stereocenters. The van der Waals surface area contributed by atoms with Gasteiger partial charge >= 0.3 is 0 Å². The minimum Gasteiger partial charge on any atom is -0.358 e. The molecular formula is C8H13ClN2S. The molecule has 0 saturated heterocycles. The number of thiazole rings is 1. The molecule has 0 aliphatic carbocycles. The molecule has 68 valence electrons. The minimum absolute atomic E-state index is 0.345. The number of hydrogen-bond donors (Lipinski definition) is 1. The maximum atomic E-state index is 5.74. The number of anilines is 1. The van der Waals surface area contributed by atoms with Crippen LogP contribution in [0, 0.1) is 6.92 Å². The maximum Gasteiger partial charge on any atom is 0.183 e. The molecule has 0 aromatic carbocycles. The normalized spacial score (nSPS) is 12.9. The molecule has 1 aromatic heterocycles. The van der Waals surface area contributed by atoms with Crippen molar-refractivity contribution in [1.29, 1.82) is 0 Å². The van der Waals surface area contributed by atoms with Gasteiger partial charge in [0.15, 0.2) is 5.13 Å². The predicted molar refractivity (Wildman–Crippen MR) is 55.3 cm³/mol. The molecule has 1 rings (SSSR count). The van der Waals surface area contributed by atoms with Crippen LogP contribution in [-0.2, 0) is 0 Å². The third-order valence-electron chi connectivity index (χ3n) is 1.63. The van der Waals surface area contributed by atoms with Gasteiger partial charge in [0.25, 0.3) is 0 Å². The first kappa shape index (κ1) is 9.81. The van der Waals surface area contributed by atoms with Crippen molar-refractivity contribution < 1.29 is 0 Å². The smallest absolute Gasteiger partial charge is 0.183 e. The summed E-state index contributed by atoms with van der Waals surface area (Å²) in [7, 11) is 0. The molecule has 0 bridgehead atoms. The highest BCUT2D eigenvalue weighted by atomic mass is 35.5. The van der Waals surface area contributed by atoms with Crippen molar-refractivity contribution in [2.24, 2.45) is 0 Å². The quantitative estimate of drug-likeness (QED) is 0.763. The second kappa shape index (κ2) is 4.67. The predicted octanol–water partition coefficient (Wildman–Crippen LogP) is 2.88. The number of nitrogens with zero attached hydrogens (tertiary/aromatic N) is 1. The van der Waals surface area contributed by atoms with Crippen LogP contribution < -0.4 is 5.32 Å². The van der Waals surface area contributed by atoms with E-state index in [4.69, 9.17) is 11.6 Å². The van der Waals surface area contributed by atoms with Gasteiger partial charge in [0.05, 0.1) is 5.69 Å². The fraction of sp³-hybridized carbons (Fsp3) is 0.625. The Morgan fingerprint density at radius 2 is 2.50 bits per heavy atom. The van der Waals surface area contributed by atoms with Crippen LogP contribution in [0.15, 0.2) is 5.38 Å². The lowest BCUT2D eigenvalue weighted by Crippen LogP contribution is -2.19. The van der Waals surface area contributed by atoms with Crippen molar-refractivity contribution in [3.8, 4) is 0 Å². The van der Waals surface area contributed by atoms with Crippen LogP contribution in [-0.4, -0.2) is 16.9 Å². The minimum atomic E-state index is 0.345. The van der Waals surface area contributed by atoms with E-state index in [1.807, 2.05) is 12.3 Å². The van der Waals surface area contributed by atoms with E-state index in [0.29, 0.717) is 11.9 Å². The monoisotopic (exact) mass is 204 g/mol. The van der Waals surface area contributed by atoms with Gasteiger partial charge < -0.3 is 5.32 Å². The van der Waals surface area contributed by atoms with Gasteiger partial charge in [-0.25, -0.2) is 4.98 Å². The highest BCUT2D eigenvalue weighted by Gasteiger charge is 2.05. The zero-order chi connectivity index (χ0) is 8.97. The van der Waals surface area contributed by atoms with Crippen LogP contribution in [0.3, 0.4) is 0 Å². The van der Waals surface area contributed by atoms with Crippen molar-refractivity contribution in [3.63, 3.8) is 0 Å². The molecular weight excluding hydrogens is 192 g/mol. The van der Waals surface area contributed by atoms with Gasteiger partial charge in [-0.3, -0.25) is 0 Å². The molecule has 1 aromatic rings. The van der Waals surface area contributed by atoms with E-state index in [-0.39, 0.29) is 0 Å². The van der Waals surface area contributed by atoms with Gasteiger partial charge in [-0.15, -0.1) is 22.9 Å². The lowest BCUT2D eigenvalue weighted by atomic mass is 10.3. The molecule has 0 spiro atoms. The van der Waals surface area contributed by atoms with Crippen molar-refractivity contribution in [2.75, 3.05) is 11.2 Å². The Morgan fingerprint density at radius 3 is 2.92 bits per heavy atom. The Hall–Kier alpha value is -0.280. The number of hydrogen-bond acceptors (Lipinski definition) is 3. The molecule has 1 heterocycles. The largest absolute Gasteiger partial charge is 0.358 e. The number of alkyl halides is 1. The number of aryl methyl sites for hydroxylation is 1. The van der Waals surface area contributed by atoms with E-state index in [0.717, 1.165) is 17.2 Å². The third kappa shape index (κ3) is 2.64. The summed E-state index contributed by atoms with van der Waals surface area (Å²) in [4.78, 5) is 4.30. The number of rotatable bonds is 4. The second-order valence-electron chi connectivity index (χ2n) is 2.70. The average molecular weight is 205 g/mol. The van der Waals surface area contributed by atoms with Crippen molar-refractivity contribution in [3.05, 3.63) is 11.1 Å². The van der Waals surface area contributed by atoms with E-state index in [1.54, 1.807) is 11.3 Å². The molecule has 0 amide bonds. The van der Waals surface area contributed by atoms with Crippen LogP contribution in [0.2, 0.25) is 0 Å². The molecule has 1 unspecified atom stereocenters. The zero-order valence-corrected chi connectivity index (χ0v) is 8.87. The average Bonchev–Trinajstić information content (AvgIpc) is 2.47. The maximum absolute atomic E-state index is 5.74. The van der Waals surface area contributed by atoms with Crippen LogP contribution in [0.1, 0.15) is 19.0 Å². The molecule has 12 heavy (non-hydrogen) atoms. The summed E-state index contributed by atoms with van der Waals surface area (Å²) in [5, 5.41) is 6.28. The molecule has 2 nitrogen and oxygen atoms in total. The van der Waals surface area contributed by atoms with Gasteiger partial charge in [-0.2, -0.15) is 0 Å².